The number of hydrogen-bond acceptors (Lipinski definition) is 2. The first kappa shape index (κ1) is 5.46. The lowest BCUT2D eigenvalue weighted by Gasteiger charge is -1.97. The van der Waals surface area contributed by atoms with Crippen molar-refractivity contribution in [1.29, 1.82) is 0 Å². The second-order valence-corrected chi connectivity index (χ2v) is 2.03. The maximum Gasteiger partial charge on any atom is 0.330 e. The van der Waals surface area contributed by atoms with Crippen LogP contribution in [-0.4, -0.2) is 9.13 Å². The summed E-state index contributed by atoms with van der Waals surface area (Å²) >= 11 is 0. The van der Waals surface area contributed by atoms with Gasteiger partial charge < -0.3 is 4.57 Å². The number of nitrogens with zero attached hydrogens (tertiary/aromatic N) is 2. The molecule has 1 rings (SSSR count). The number of aryl methyl sites for hydroxylation is 1. The molecule has 10 heavy (non-hydrogen) atoms. The Labute approximate surface area is 58.7 Å². The molecule has 0 bridgehead atoms. The molecule has 0 saturated carbocycles. The Bertz CT molecular complexity index is 356. The summed E-state index contributed by atoms with van der Waals surface area (Å²) < 4.78 is 9.21. The van der Waals surface area contributed by atoms with Crippen molar-refractivity contribution in [2.75, 3.05) is 0 Å². The van der Waals surface area contributed by atoms with E-state index in [2.05, 4.69) is 0 Å². The van der Waals surface area contributed by atoms with Crippen molar-refractivity contribution >= 4 is 0 Å². The Morgan fingerprint density at radius 1 is 1.50 bits per heavy atom. The average Bonchev–Trinajstić information content (AvgIpc) is 1.97. The Balaban J connectivity index is 3.74. The molecule has 0 amide bonds. The first-order valence-corrected chi connectivity index (χ1v) is 2.77. The summed E-state index contributed by atoms with van der Waals surface area (Å²) in [6.07, 6.45) is 1.20. The molecule has 1 aromatic heterocycles. The molecule has 0 N–H and O–H groups in total. The highest BCUT2D eigenvalue weighted by atomic mass is 16.2. The molecule has 0 fully saturated rings. The van der Waals surface area contributed by atoms with Gasteiger partial charge in [0, 0.05) is 26.3 Å². The van der Waals surface area contributed by atoms with E-state index in [0.29, 0.717) is 0 Å². The van der Waals surface area contributed by atoms with Crippen LogP contribution < -0.4 is 11.2 Å². The summed E-state index contributed by atoms with van der Waals surface area (Å²) in [7, 11) is 2.85. The fourth-order valence-corrected chi connectivity index (χ4v) is 0.628. The SMILES string of the molecule is [2H]c1cn(C)c(=O)n(C)c1=O. The molecule has 0 aliphatic heterocycles. The first-order valence-electron chi connectivity index (χ1n) is 3.27. The summed E-state index contributed by atoms with van der Waals surface area (Å²) in [4.78, 5) is 21.9. The highest BCUT2D eigenvalue weighted by molar-refractivity contribution is 4.83. The second-order valence-electron chi connectivity index (χ2n) is 2.03. The van der Waals surface area contributed by atoms with Crippen LogP contribution in [0.2, 0.25) is 0 Å². The molecule has 0 unspecified atom stereocenters. The Kier molecular flexibility index (Phi) is 1.16. The zero-order valence-corrected chi connectivity index (χ0v) is 5.79. The van der Waals surface area contributed by atoms with Gasteiger partial charge in [0.05, 0.1) is 1.37 Å². The zero-order valence-electron chi connectivity index (χ0n) is 6.79. The van der Waals surface area contributed by atoms with E-state index in [9.17, 15) is 9.59 Å². The van der Waals surface area contributed by atoms with Crippen LogP contribution in [0.25, 0.3) is 0 Å². The maximum absolute atomic E-state index is 11.0. The summed E-state index contributed by atoms with van der Waals surface area (Å²) in [6, 6.07) is -0.172. The van der Waals surface area contributed by atoms with Gasteiger partial charge in [0.25, 0.3) is 5.56 Å². The molecule has 4 heteroatoms. The van der Waals surface area contributed by atoms with Crippen molar-refractivity contribution in [3.8, 4) is 0 Å². The van der Waals surface area contributed by atoms with Crippen LogP contribution in [0.15, 0.2) is 21.8 Å². The van der Waals surface area contributed by atoms with E-state index >= 15 is 0 Å². The summed E-state index contributed by atoms with van der Waals surface area (Å²) in [5, 5.41) is 0. The van der Waals surface area contributed by atoms with Gasteiger partial charge in [0.15, 0.2) is 0 Å². The fourth-order valence-electron chi connectivity index (χ4n) is 0.628. The van der Waals surface area contributed by atoms with Crippen molar-refractivity contribution in [3.63, 3.8) is 0 Å². The van der Waals surface area contributed by atoms with Gasteiger partial charge in [-0.05, 0) is 0 Å². The highest BCUT2D eigenvalue weighted by Gasteiger charge is 1.93. The third-order valence-electron chi connectivity index (χ3n) is 1.27. The minimum absolute atomic E-state index is 0.172. The monoisotopic (exact) mass is 141 g/mol. The van der Waals surface area contributed by atoms with Crippen molar-refractivity contribution in [3.05, 3.63) is 33.1 Å². The average molecular weight is 141 g/mol. The van der Waals surface area contributed by atoms with Gasteiger partial charge in [-0.1, -0.05) is 0 Å². The van der Waals surface area contributed by atoms with Crippen molar-refractivity contribution in [1.82, 2.24) is 9.13 Å². The third kappa shape index (κ3) is 0.877. The molecule has 54 valence electrons. The fraction of sp³-hybridized carbons (Fsp3) is 0.333. The summed E-state index contributed by atoms with van der Waals surface area (Å²) in [5.41, 5.74) is -0.973. The molecule has 1 aromatic rings. The van der Waals surface area contributed by atoms with Gasteiger partial charge in [-0.25, -0.2) is 4.79 Å². The van der Waals surface area contributed by atoms with Crippen molar-refractivity contribution in [2.45, 2.75) is 0 Å². The zero-order chi connectivity index (χ0) is 8.59. The molecule has 4 nitrogen and oxygen atoms in total. The van der Waals surface area contributed by atoms with Gasteiger partial charge >= 0.3 is 5.69 Å². The quantitative estimate of drug-likeness (QED) is 0.469. The van der Waals surface area contributed by atoms with Crippen LogP contribution in [0.1, 0.15) is 1.37 Å². The Morgan fingerprint density at radius 2 is 2.10 bits per heavy atom. The van der Waals surface area contributed by atoms with Crippen molar-refractivity contribution < 1.29 is 1.37 Å². The van der Waals surface area contributed by atoms with Crippen molar-refractivity contribution in [2.24, 2.45) is 14.1 Å². The number of rotatable bonds is 0. The third-order valence-corrected chi connectivity index (χ3v) is 1.27. The standard InChI is InChI=1S/C6H8N2O2/c1-7-4-3-5(9)8(2)6(7)10/h3-4H,1-2H3/i3D. The van der Waals surface area contributed by atoms with E-state index in [1.54, 1.807) is 0 Å². The molecular formula is C6H8N2O2. The Hall–Kier alpha value is -1.32. The predicted octanol–water partition coefficient (Wildman–Crippen LogP) is -0.916. The molecule has 0 spiro atoms. The summed E-state index contributed by atoms with van der Waals surface area (Å²) in [6.45, 7) is 0. The van der Waals surface area contributed by atoms with Crippen LogP contribution in [0, 0.1) is 0 Å². The van der Waals surface area contributed by atoms with Gasteiger partial charge in [0.1, 0.15) is 0 Å². The maximum atomic E-state index is 11.0. The molecular weight excluding hydrogens is 132 g/mol. The van der Waals surface area contributed by atoms with Crippen LogP contribution in [0.4, 0.5) is 0 Å². The lowest BCUT2D eigenvalue weighted by atomic mass is 10.6. The molecule has 0 aliphatic rings. The van der Waals surface area contributed by atoms with E-state index in [4.69, 9.17) is 1.37 Å². The van der Waals surface area contributed by atoms with Gasteiger partial charge in [-0.3, -0.25) is 9.36 Å². The van der Waals surface area contributed by atoms with Crippen LogP contribution in [0.5, 0.6) is 0 Å². The topological polar surface area (TPSA) is 44.0 Å². The van der Waals surface area contributed by atoms with Gasteiger partial charge in [-0.15, -0.1) is 0 Å². The predicted molar refractivity (Wildman–Crippen MR) is 36.9 cm³/mol. The highest BCUT2D eigenvalue weighted by Crippen LogP contribution is 1.66. The molecule has 0 aliphatic carbocycles. The van der Waals surface area contributed by atoms with Crippen LogP contribution in [0.3, 0.4) is 0 Å². The summed E-state index contributed by atoms with van der Waals surface area (Å²) in [5.74, 6) is 0. The second kappa shape index (κ2) is 2.13. The van der Waals surface area contributed by atoms with E-state index in [1.165, 1.54) is 24.9 Å². The smallest absolute Gasteiger partial charge is 0.303 e. The molecule has 0 radical (unpaired) electrons. The Morgan fingerprint density at radius 3 is 2.70 bits per heavy atom. The minimum Gasteiger partial charge on any atom is -0.303 e. The van der Waals surface area contributed by atoms with E-state index in [1.807, 2.05) is 0 Å². The lowest BCUT2D eigenvalue weighted by Crippen LogP contribution is -2.35. The number of aromatic nitrogens is 2. The number of hydrogen-bond donors (Lipinski definition) is 0. The van der Waals surface area contributed by atoms with Gasteiger partial charge in [0.2, 0.25) is 0 Å². The molecule has 0 aromatic carbocycles. The molecule has 0 saturated heterocycles. The lowest BCUT2D eigenvalue weighted by molar-refractivity contribution is 0.686. The van der Waals surface area contributed by atoms with Crippen LogP contribution >= 0.6 is 0 Å². The normalized spacial score (nSPS) is 11.2. The van der Waals surface area contributed by atoms with Crippen LogP contribution in [-0.2, 0) is 14.1 Å². The van der Waals surface area contributed by atoms with E-state index in [0.717, 1.165) is 4.57 Å². The largest absolute Gasteiger partial charge is 0.330 e. The molecule has 0 atom stereocenters. The van der Waals surface area contributed by atoms with E-state index in [-0.39, 0.29) is 6.04 Å². The van der Waals surface area contributed by atoms with E-state index < -0.39 is 11.2 Å². The first-order chi connectivity index (χ1) is 5.04. The minimum atomic E-state index is -0.562. The molecule has 1 heterocycles. The van der Waals surface area contributed by atoms with Gasteiger partial charge in [-0.2, -0.15) is 0 Å².